The molecular weight excluding hydrogens is 430 g/mol. The van der Waals surface area contributed by atoms with Crippen molar-refractivity contribution in [2.75, 3.05) is 4.90 Å². The lowest BCUT2D eigenvalue weighted by molar-refractivity contribution is -0.122. The highest BCUT2D eigenvalue weighted by Crippen LogP contribution is 2.60. The Kier molecular flexibility index (Phi) is 3.80. The van der Waals surface area contributed by atoms with E-state index in [1.54, 1.807) is 29.2 Å². The van der Waals surface area contributed by atoms with E-state index in [4.69, 9.17) is 14.9 Å². The molecule has 6 rings (SSSR count). The Bertz CT molecular complexity index is 1590. The van der Waals surface area contributed by atoms with Crippen LogP contribution in [-0.2, 0) is 10.2 Å². The Morgan fingerprint density at radius 3 is 2.68 bits per heavy atom. The average molecular weight is 453 g/mol. The first-order valence-corrected chi connectivity index (χ1v) is 11.3. The Hall–Kier alpha value is -4.05. The van der Waals surface area contributed by atoms with Crippen LogP contribution in [0.2, 0.25) is 0 Å². The molecule has 2 atom stereocenters. The third-order valence-electron chi connectivity index (χ3n) is 7.46. The largest absolute Gasteiger partial charge is 0.439 e. The molecule has 0 radical (unpaired) electrons. The molecule has 2 N–H and O–H groups in total. The zero-order chi connectivity index (χ0) is 24.2. The van der Waals surface area contributed by atoms with Crippen molar-refractivity contribution < 1.29 is 13.9 Å². The van der Waals surface area contributed by atoms with E-state index in [2.05, 4.69) is 19.1 Å². The van der Waals surface area contributed by atoms with Crippen molar-refractivity contribution in [2.45, 2.75) is 51.0 Å². The average Bonchev–Trinajstić information content (AvgIpc) is 3.02. The van der Waals surface area contributed by atoms with E-state index in [1.165, 1.54) is 0 Å². The van der Waals surface area contributed by atoms with Crippen molar-refractivity contribution in [1.29, 1.82) is 5.26 Å². The van der Waals surface area contributed by atoms with E-state index >= 15 is 0 Å². The smallest absolute Gasteiger partial charge is 0.345 e. The second kappa shape index (κ2) is 6.29. The molecule has 3 aliphatic rings. The van der Waals surface area contributed by atoms with E-state index < -0.39 is 16.6 Å². The van der Waals surface area contributed by atoms with Crippen molar-refractivity contribution in [3.63, 3.8) is 0 Å². The van der Waals surface area contributed by atoms with E-state index in [-0.39, 0.29) is 34.6 Å². The SMILES string of the molecule is Cc1cc2c3c(c1)[C@@]1(C(=O)N3C(C)(C)C[C@@H]2C)C(C#N)=C(N)Oc2c1c(=O)oc1ccccc21. The summed E-state index contributed by atoms with van der Waals surface area (Å²) in [5.41, 5.74) is 6.85. The first-order valence-electron chi connectivity index (χ1n) is 11.3. The molecule has 0 saturated heterocycles. The van der Waals surface area contributed by atoms with Crippen LogP contribution in [0.4, 0.5) is 5.69 Å². The van der Waals surface area contributed by atoms with Gasteiger partial charge < -0.3 is 19.8 Å². The van der Waals surface area contributed by atoms with Gasteiger partial charge in [0.25, 0.3) is 0 Å². The lowest BCUT2D eigenvalue weighted by Gasteiger charge is -2.44. The molecule has 3 aromatic rings. The Morgan fingerprint density at radius 1 is 1.21 bits per heavy atom. The van der Waals surface area contributed by atoms with Crippen LogP contribution in [0.15, 0.2) is 57.1 Å². The van der Waals surface area contributed by atoms with Gasteiger partial charge in [0.15, 0.2) is 11.2 Å². The predicted molar refractivity (Wildman–Crippen MR) is 126 cm³/mol. The molecule has 0 saturated carbocycles. The molecule has 4 heterocycles. The number of hydrogen-bond donors (Lipinski definition) is 1. The summed E-state index contributed by atoms with van der Waals surface area (Å²) in [7, 11) is 0. The first kappa shape index (κ1) is 20.5. The number of nitriles is 1. The number of carbonyl (C=O) groups excluding carboxylic acids is 1. The van der Waals surface area contributed by atoms with Crippen molar-refractivity contribution in [3.8, 4) is 11.8 Å². The third-order valence-corrected chi connectivity index (χ3v) is 7.46. The Labute approximate surface area is 196 Å². The maximum Gasteiger partial charge on any atom is 0.345 e. The summed E-state index contributed by atoms with van der Waals surface area (Å²) < 4.78 is 11.6. The number of fused-ring (bicyclic) bond motifs is 5. The monoisotopic (exact) mass is 453 g/mol. The number of nitrogens with zero attached hydrogens (tertiary/aromatic N) is 2. The zero-order valence-corrected chi connectivity index (χ0v) is 19.4. The van der Waals surface area contributed by atoms with Gasteiger partial charge in [0, 0.05) is 11.1 Å². The summed E-state index contributed by atoms with van der Waals surface area (Å²) in [6.07, 6.45) is 0.738. The number of benzene rings is 2. The molecule has 170 valence electrons. The molecule has 1 spiro atoms. The fraction of sp³-hybridized carbons (Fsp3) is 0.296. The topological polar surface area (TPSA) is 110 Å². The fourth-order valence-corrected chi connectivity index (χ4v) is 6.27. The zero-order valence-electron chi connectivity index (χ0n) is 19.4. The van der Waals surface area contributed by atoms with Crippen LogP contribution < -0.4 is 21.0 Å². The number of anilines is 1. The van der Waals surface area contributed by atoms with Gasteiger partial charge in [-0.25, -0.2) is 4.79 Å². The molecule has 7 heteroatoms. The Balaban J connectivity index is 1.86. The highest BCUT2D eigenvalue weighted by atomic mass is 16.5. The van der Waals surface area contributed by atoms with Crippen LogP contribution in [0, 0.1) is 18.3 Å². The van der Waals surface area contributed by atoms with E-state index in [1.807, 2.05) is 26.8 Å². The van der Waals surface area contributed by atoms with Crippen LogP contribution in [0.25, 0.3) is 11.0 Å². The molecule has 3 aliphatic heterocycles. The van der Waals surface area contributed by atoms with Crippen LogP contribution in [-0.4, -0.2) is 11.4 Å². The molecule has 0 fully saturated rings. The highest BCUT2D eigenvalue weighted by molar-refractivity contribution is 6.16. The van der Waals surface area contributed by atoms with Gasteiger partial charge in [0.2, 0.25) is 11.8 Å². The molecule has 1 aromatic heterocycles. The second-order valence-corrected chi connectivity index (χ2v) is 10.1. The molecular formula is C27H23N3O4. The minimum atomic E-state index is -1.74. The molecule has 0 aliphatic carbocycles. The van der Waals surface area contributed by atoms with Gasteiger partial charge in [0.1, 0.15) is 22.8 Å². The maximum absolute atomic E-state index is 14.6. The predicted octanol–water partition coefficient (Wildman–Crippen LogP) is 4.11. The van der Waals surface area contributed by atoms with E-state index in [0.717, 1.165) is 23.2 Å². The Morgan fingerprint density at radius 2 is 1.94 bits per heavy atom. The molecule has 34 heavy (non-hydrogen) atoms. The third kappa shape index (κ3) is 2.21. The van der Waals surface area contributed by atoms with Crippen molar-refractivity contribution >= 4 is 22.6 Å². The summed E-state index contributed by atoms with van der Waals surface area (Å²) in [5, 5.41) is 10.8. The first-order chi connectivity index (χ1) is 16.1. The molecule has 0 bridgehead atoms. The number of rotatable bonds is 0. The van der Waals surface area contributed by atoms with Gasteiger partial charge in [-0.1, -0.05) is 36.8 Å². The molecule has 7 nitrogen and oxygen atoms in total. The van der Waals surface area contributed by atoms with E-state index in [0.29, 0.717) is 16.5 Å². The number of para-hydroxylation sites is 1. The standard InChI is InChI=1S/C27H23N3O4/c1-13-9-16-14(2)11-26(3,4)30-21(16)17(10-13)27(25(30)32)18(12-28)23(29)34-22-15-7-5-6-8-19(15)33-24(31)20(22)27/h5-10,14H,11,29H2,1-4H3/t14-,27+/m0/s1. The van der Waals surface area contributed by atoms with E-state index in [9.17, 15) is 14.9 Å². The van der Waals surface area contributed by atoms with Crippen molar-refractivity contribution in [3.05, 3.63) is 80.5 Å². The van der Waals surface area contributed by atoms with Gasteiger partial charge in [-0.15, -0.1) is 0 Å². The summed E-state index contributed by atoms with van der Waals surface area (Å²) >= 11 is 0. The maximum atomic E-state index is 14.6. The number of carbonyl (C=O) groups is 1. The number of aryl methyl sites for hydroxylation is 1. The number of hydrogen-bond acceptors (Lipinski definition) is 6. The number of nitrogens with two attached hydrogens (primary N) is 1. The minimum Gasteiger partial charge on any atom is -0.439 e. The quantitative estimate of drug-likeness (QED) is 0.513. The summed E-state index contributed by atoms with van der Waals surface area (Å²) in [6.45, 7) is 8.11. The van der Waals surface area contributed by atoms with Crippen LogP contribution in [0.1, 0.15) is 55.4 Å². The van der Waals surface area contributed by atoms with Gasteiger partial charge in [-0.2, -0.15) is 5.26 Å². The molecule has 1 amide bonds. The van der Waals surface area contributed by atoms with Gasteiger partial charge in [-0.05, 0) is 50.8 Å². The lowest BCUT2D eigenvalue weighted by atomic mass is 9.68. The number of amides is 1. The van der Waals surface area contributed by atoms with Crippen LogP contribution in [0.3, 0.4) is 0 Å². The molecule has 2 aromatic carbocycles. The normalized spacial score (nSPS) is 24.1. The fourth-order valence-electron chi connectivity index (χ4n) is 6.27. The lowest BCUT2D eigenvalue weighted by Crippen LogP contribution is -2.55. The van der Waals surface area contributed by atoms with Crippen LogP contribution >= 0.6 is 0 Å². The van der Waals surface area contributed by atoms with Gasteiger partial charge in [-0.3, -0.25) is 4.79 Å². The van der Waals surface area contributed by atoms with Gasteiger partial charge >= 0.3 is 5.63 Å². The molecule has 0 unspecified atom stereocenters. The van der Waals surface area contributed by atoms with Gasteiger partial charge in [0.05, 0.1) is 11.1 Å². The van der Waals surface area contributed by atoms with Crippen molar-refractivity contribution in [2.24, 2.45) is 5.73 Å². The minimum absolute atomic E-state index is 0.00704. The summed E-state index contributed by atoms with van der Waals surface area (Å²) in [6, 6.07) is 13.0. The second-order valence-electron chi connectivity index (χ2n) is 10.1. The summed E-state index contributed by atoms with van der Waals surface area (Å²) in [5.74, 6) is -0.211. The summed E-state index contributed by atoms with van der Waals surface area (Å²) in [4.78, 5) is 29.9. The highest BCUT2D eigenvalue weighted by Gasteiger charge is 2.64. The van der Waals surface area contributed by atoms with Crippen LogP contribution in [0.5, 0.6) is 5.75 Å². The number of ether oxygens (including phenoxy) is 1. The van der Waals surface area contributed by atoms with Crippen molar-refractivity contribution in [1.82, 2.24) is 0 Å².